The van der Waals surface area contributed by atoms with E-state index in [4.69, 9.17) is 5.73 Å². The topological polar surface area (TPSA) is 26.0 Å². The Morgan fingerprint density at radius 3 is 2.06 bits per heavy atom. The Morgan fingerprint density at radius 1 is 0.941 bits per heavy atom. The fourth-order valence-electron chi connectivity index (χ4n) is 1.72. The van der Waals surface area contributed by atoms with Gasteiger partial charge in [-0.2, -0.15) is 0 Å². The highest BCUT2D eigenvalue weighted by molar-refractivity contribution is 5.69. The van der Waals surface area contributed by atoms with Gasteiger partial charge < -0.3 is 5.73 Å². The van der Waals surface area contributed by atoms with Gasteiger partial charge in [-0.05, 0) is 47.9 Å². The van der Waals surface area contributed by atoms with Crippen molar-refractivity contribution in [3.8, 4) is 11.1 Å². The maximum atomic E-state index is 13.1. The van der Waals surface area contributed by atoms with Crippen molar-refractivity contribution in [2.24, 2.45) is 0 Å². The van der Waals surface area contributed by atoms with Crippen LogP contribution in [-0.4, -0.2) is 0 Å². The molecule has 0 aliphatic carbocycles. The lowest BCUT2D eigenvalue weighted by molar-refractivity contribution is 0.447. The van der Waals surface area contributed by atoms with Gasteiger partial charge in [0.05, 0.1) is 0 Å². The predicted octanol–water partition coefficient (Wildman–Crippen LogP) is 3.66. The van der Waals surface area contributed by atoms with E-state index in [1.807, 2.05) is 0 Å². The van der Waals surface area contributed by atoms with Gasteiger partial charge in [-0.3, -0.25) is 0 Å². The number of nitrogens with two attached hydrogens (primary N) is 1. The number of benzene rings is 2. The van der Waals surface area contributed by atoms with Gasteiger partial charge in [0.2, 0.25) is 0 Å². The largest absolute Gasteiger partial charge is 0.399 e. The molecule has 88 valence electrons. The minimum atomic E-state index is -1.46. The van der Waals surface area contributed by atoms with E-state index in [-0.39, 0.29) is 0 Å². The third-order valence-electron chi connectivity index (χ3n) is 2.55. The minimum Gasteiger partial charge on any atom is -0.399 e. The molecule has 0 bridgehead atoms. The average molecular weight is 237 g/mol. The van der Waals surface area contributed by atoms with Crippen molar-refractivity contribution in [2.45, 2.75) is 6.92 Å². The van der Waals surface area contributed by atoms with Gasteiger partial charge in [0.25, 0.3) is 0 Å². The minimum absolute atomic E-state index is 0.291. The Balaban J connectivity index is 2.61. The summed E-state index contributed by atoms with van der Waals surface area (Å²) in [5, 5.41) is 0. The van der Waals surface area contributed by atoms with E-state index in [9.17, 15) is 13.2 Å². The zero-order valence-corrected chi connectivity index (χ0v) is 9.10. The number of rotatable bonds is 1. The number of aryl methyl sites for hydroxylation is 1. The smallest absolute Gasteiger partial charge is 0.194 e. The summed E-state index contributed by atoms with van der Waals surface area (Å²) in [7, 11) is 0. The Morgan fingerprint density at radius 2 is 1.53 bits per heavy atom. The molecule has 0 heterocycles. The number of halogens is 3. The van der Waals surface area contributed by atoms with E-state index in [2.05, 4.69) is 0 Å². The average Bonchev–Trinajstić information content (AvgIpc) is 2.25. The SMILES string of the molecule is Cc1cc(N)ccc1-c1cc(F)c(F)c(F)c1. The third kappa shape index (κ3) is 2.11. The van der Waals surface area contributed by atoms with Crippen LogP contribution in [0, 0.1) is 24.4 Å². The molecular formula is C13H10F3N. The lowest BCUT2D eigenvalue weighted by Crippen LogP contribution is -1.94. The lowest BCUT2D eigenvalue weighted by atomic mass is 10.00. The lowest BCUT2D eigenvalue weighted by Gasteiger charge is -2.08. The molecule has 4 heteroatoms. The van der Waals surface area contributed by atoms with Crippen LogP contribution in [0.4, 0.5) is 18.9 Å². The van der Waals surface area contributed by atoms with Crippen molar-refractivity contribution in [3.05, 3.63) is 53.3 Å². The zero-order valence-electron chi connectivity index (χ0n) is 9.10. The molecule has 1 nitrogen and oxygen atoms in total. The molecular weight excluding hydrogens is 227 g/mol. The van der Waals surface area contributed by atoms with Crippen LogP contribution in [0.2, 0.25) is 0 Å². The van der Waals surface area contributed by atoms with Crippen LogP contribution in [0.15, 0.2) is 30.3 Å². The summed E-state index contributed by atoms with van der Waals surface area (Å²) in [5.41, 5.74) is 7.83. The molecule has 0 fully saturated rings. The fraction of sp³-hybridized carbons (Fsp3) is 0.0769. The normalized spacial score (nSPS) is 10.6. The van der Waals surface area contributed by atoms with Gasteiger partial charge in [-0.15, -0.1) is 0 Å². The molecule has 0 aliphatic heterocycles. The maximum absolute atomic E-state index is 13.1. The molecule has 17 heavy (non-hydrogen) atoms. The van der Waals surface area contributed by atoms with Gasteiger partial charge in [0, 0.05) is 5.69 Å². The van der Waals surface area contributed by atoms with Crippen molar-refractivity contribution in [1.82, 2.24) is 0 Å². The molecule has 0 atom stereocenters. The first-order valence-electron chi connectivity index (χ1n) is 5.00. The summed E-state index contributed by atoms with van der Waals surface area (Å²) < 4.78 is 39.0. The van der Waals surface area contributed by atoms with E-state index < -0.39 is 17.5 Å². The number of hydrogen-bond donors (Lipinski definition) is 1. The van der Waals surface area contributed by atoms with Crippen molar-refractivity contribution in [1.29, 1.82) is 0 Å². The van der Waals surface area contributed by atoms with Gasteiger partial charge in [0.15, 0.2) is 17.5 Å². The molecule has 0 spiro atoms. The van der Waals surface area contributed by atoms with Crippen LogP contribution >= 0.6 is 0 Å². The summed E-state index contributed by atoms with van der Waals surface area (Å²) in [6, 6.07) is 6.90. The summed E-state index contributed by atoms with van der Waals surface area (Å²) >= 11 is 0. The quantitative estimate of drug-likeness (QED) is 0.594. The highest BCUT2D eigenvalue weighted by Gasteiger charge is 2.12. The molecule has 2 rings (SSSR count). The molecule has 0 saturated heterocycles. The predicted molar refractivity (Wildman–Crippen MR) is 60.9 cm³/mol. The van der Waals surface area contributed by atoms with Crippen LogP contribution in [0.25, 0.3) is 11.1 Å². The monoisotopic (exact) mass is 237 g/mol. The van der Waals surface area contributed by atoms with Gasteiger partial charge in [-0.1, -0.05) is 6.07 Å². The molecule has 0 saturated carbocycles. The highest BCUT2D eigenvalue weighted by Crippen LogP contribution is 2.27. The van der Waals surface area contributed by atoms with Crippen molar-refractivity contribution in [3.63, 3.8) is 0 Å². The second-order valence-corrected chi connectivity index (χ2v) is 3.83. The summed E-state index contributed by atoms with van der Waals surface area (Å²) in [6.07, 6.45) is 0. The van der Waals surface area contributed by atoms with Gasteiger partial charge in [-0.25, -0.2) is 13.2 Å². The summed E-state index contributed by atoms with van der Waals surface area (Å²) in [6.45, 7) is 1.77. The summed E-state index contributed by atoms with van der Waals surface area (Å²) in [4.78, 5) is 0. The molecule has 2 aromatic carbocycles. The third-order valence-corrected chi connectivity index (χ3v) is 2.55. The van der Waals surface area contributed by atoms with Crippen LogP contribution in [0.3, 0.4) is 0 Å². The van der Waals surface area contributed by atoms with E-state index in [1.165, 1.54) is 0 Å². The van der Waals surface area contributed by atoms with Crippen molar-refractivity contribution < 1.29 is 13.2 Å². The Hall–Kier alpha value is -1.97. The van der Waals surface area contributed by atoms with Gasteiger partial charge >= 0.3 is 0 Å². The van der Waals surface area contributed by atoms with Crippen molar-refractivity contribution in [2.75, 3.05) is 5.73 Å². The maximum Gasteiger partial charge on any atom is 0.194 e. The van der Waals surface area contributed by atoms with Gasteiger partial charge in [0.1, 0.15) is 0 Å². The van der Waals surface area contributed by atoms with E-state index >= 15 is 0 Å². The van der Waals surface area contributed by atoms with E-state index in [0.717, 1.165) is 17.7 Å². The van der Waals surface area contributed by atoms with Crippen LogP contribution in [0.1, 0.15) is 5.56 Å². The molecule has 0 radical (unpaired) electrons. The molecule has 2 N–H and O–H groups in total. The highest BCUT2D eigenvalue weighted by atomic mass is 19.2. The molecule has 0 amide bonds. The van der Waals surface area contributed by atoms with Crippen molar-refractivity contribution >= 4 is 5.69 Å². The Kier molecular flexibility index (Phi) is 2.79. The zero-order chi connectivity index (χ0) is 12.6. The molecule has 2 aromatic rings. The van der Waals surface area contributed by atoms with E-state index in [1.54, 1.807) is 25.1 Å². The summed E-state index contributed by atoms with van der Waals surface area (Å²) in [5.74, 6) is -3.85. The Bertz CT molecular complexity index is 556. The fourth-order valence-corrected chi connectivity index (χ4v) is 1.72. The van der Waals surface area contributed by atoms with E-state index in [0.29, 0.717) is 16.8 Å². The van der Waals surface area contributed by atoms with Crippen LogP contribution < -0.4 is 5.73 Å². The first kappa shape index (κ1) is 11.5. The van der Waals surface area contributed by atoms with Crippen LogP contribution in [0.5, 0.6) is 0 Å². The second-order valence-electron chi connectivity index (χ2n) is 3.83. The Labute approximate surface area is 96.7 Å². The number of anilines is 1. The van der Waals surface area contributed by atoms with Crippen LogP contribution in [-0.2, 0) is 0 Å². The first-order valence-corrected chi connectivity index (χ1v) is 5.00. The molecule has 0 unspecified atom stereocenters. The number of hydrogen-bond acceptors (Lipinski definition) is 1. The standard InChI is InChI=1S/C13H10F3N/c1-7-4-9(17)2-3-10(7)8-5-11(14)13(16)12(15)6-8/h2-6H,17H2,1H3. The molecule has 0 aliphatic rings. The second kappa shape index (κ2) is 4.13. The first-order chi connectivity index (χ1) is 7.99. The molecule has 0 aromatic heterocycles. The number of nitrogen functional groups attached to an aromatic ring is 1.